The van der Waals surface area contributed by atoms with Gasteiger partial charge in [-0.3, -0.25) is 9.59 Å². The minimum absolute atomic E-state index is 0.0374. The van der Waals surface area contributed by atoms with Gasteiger partial charge < -0.3 is 14.7 Å². The zero-order valence-corrected chi connectivity index (χ0v) is 11.2. The number of amides is 1. The standard InChI is InChI=1S/C11H17NO5S/c1-17-11(16)7-5-9(13)12(6-7)8(10(14)15)3-4-18-2/h7-8H,3-6H2,1-2H3,(H,14,15)/t7?,8-/m0/s1. The van der Waals surface area contributed by atoms with E-state index in [4.69, 9.17) is 5.11 Å². The van der Waals surface area contributed by atoms with E-state index < -0.39 is 23.9 Å². The van der Waals surface area contributed by atoms with Crippen LogP contribution >= 0.6 is 11.8 Å². The molecule has 1 unspecified atom stereocenters. The first kappa shape index (κ1) is 14.8. The highest BCUT2D eigenvalue weighted by atomic mass is 32.2. The lowest BCUT2D eigenvalue weighted by Gasteiger charge is -2.24. The van der Waals surface area contributed by atoms with Gasteiger partial charge in [-0.2, -0.15) is 11.8 Å². The molecule has 6 nitrogen and oxygen atoms in total. The van der Waals surface area contributed by atoms with Crippen molar-refractivity contribution in [3.63, 3.8) is 0 Å². The molecule has 0 spiro atoms. The maximum Gasteiger partial charge on any atom is 0.326 e. The third-order valence-corrected chi connectivity index (χ3v) is 3.59. The number of carbonyl (C=O) groups is 3. The molecule has 1 rings (SSSR count). The molecular formula is C11H17NO5S. The maximum absolute atomic E-state index is 11.8. The molecule has 0 aromatic carbocycles. The lowest BCUT2D eigenvalue weighted by molar-refractivity contribution is -0.148. The number of carbonyl (C=O) groups excluding carboxylic acids is 2. The van der Waals surface area contributed by atoms with E-state index in [2.05, 4.69) is 4.74 Å². The fourth-order valence-electron chi connectivity index (χ4n) is 2.00. The van der Waals surface area contributed by atoms with Gasteiger partial charge in [-0.25, -0.2) is 4.79 Å². The van der Waals surface area contributed by atoms with Crippen LogP contribution in [0.2, 0.25) is 0 Å². The summed E-state index contributed by atoms with van der Waals surface area (Å²) in [5, 5.41) is 9.14. The van der Waals surface area contributed by atoms with Crippen LogP contribution in [0.5, 0.6) is 0 Å². The van der Waals surface area contributed by atoms with Crippen molar-refractivity contribution in [2.24, 2.45) is 5.92 Å². The van der Waals surface area contributed by atoms with E-state index in [0.29, 0.717) is 12.2 Å². The van der Waals surface area contributed by atoms with Crippen molar-refractivity contribution in [3.05, 3.63) is 0 Å². The Bertz CT molecular complexity index is 346. The average Bonchev–Trinajstić information content (AvgIpc) is 2.71. The predicted octanol–water partition coefficient (Wildman–Crippen LogP) is 0.214. The summed E-state index contributed by atoms with van der Waals surface area (Å²) < 4.78 is 4.58. The topological polar surface area (TPSA) is 83.9 Å². The second-order valence-electron chi connectivity index (χ2n) is 4.11. The van der Waals surface area contributed by atoms with E-state index in [1.54, 1.807) is 0 Å². The van der Waals surface area contributed by atoms with E-state index in [1.807, 2.05) is 6.26 Å². The fourth-order valence-corrected chi connectivity index (χ4v) is 2.46. The second-order valence-corrected chi connectivity index (χ2v) is 5.09. The number of hydrogen-bond acceptors (Lipinski definition) is 5. The number of methoxy groups -OCH3 is 1. The number of carboxylic acids is 1. The summed E-state index contributed by atoms with van der Waals surface area (Å²) in [7, 11) is 1.26. The van der Waals surface area contributed by atoms with Crippen LogP contribution in [0.1, 0.15) is 12.8 Å². The van der Waals surface area contributed by atoms with Crippen molar-refractivity contribution in [2.75, 3.05) is 25.7 Å². The van der Waals surface area contributed by atoms with Gasteiger partial charge in [0.1, 0.15) is 6.04 Å². The molecule has 0 saturated carbocycles. The number of hydrogen-bond donors (Lipinski definition) is 1. The number of aliphatic carboxylic acids is 1. The zero-order chi connectivity index (χ0) is 13.7. The summed E-state index contributed by atoms with van der Waals surface area (Å²) in [5.74, 6) is -1.66. The van der Waals surface area contributed by atoms with Gasteiger partial charge in [0.05, 0.1) is 13.0 Å². The Balaban J connectivity index is 2.71. The molecule has 1 saturated heterocycles. The van der Waals surface area contributed by atoms with Gasteiger partial charge in [-0.1, -0.05) is 0 Å². The highest BCUT2D eigenvalue weighted by Crippen LogP contribution is 2.23. The van der Waals surface area contributed by atoms with Crippen LogP contribution in [0.25, 0.3) is 0 Å². The molecule has 1 aliphatic rings. The first-order chi connectivity index (χ1) is 8.51. The van der Waals surface area contributed by atoms with E-state index in [0.717, 1.165) is 0 Å². The molecular weight excluding hydrogens is 258 g/mol. The van der Waals surface area contributed by atoms with Crippen LogP contribution in [0.4, 0.5) is 0 Å². The van der Waals surface area contributed by atoms with Gasteiger partial charge in [-0.15, -0.1) is 0 Å². The monoisotopic (exact) mass is 275 g/mol. The molecule has 0 aromatic heterocycles. The van der Waals surface area contributed by atoms with Crippen LogP contribution in [-0.4, -0.2) is 59.6 Å². The normalized spacial score (nSPS) is 20.9. The number of esters is 1. The molecule has 7 heteroatoms. The van der Waals surface area contributed by atoms with Crippen LogP contribution < -0.4 is 0 Å². The summed E-state index contributed by atoms with van der Waals surface area (Å²) >= 11 is 1.53. The molecule has 0 radical (unpaired) electrons. The van der Waals surface area contributed by atoms with Gasteiger partial charge in [0.25, 0.3) is 0 Å². The summed E-state index contributed by atoms with van der Waals surface area (Å²) in [6.07, 6.45) is 2.30. The van der Waals surface area contributed by atoms with Crippen molar-refractivity contribution in [1.29, 1.82) is 0 Å². The number of likely N-dealkylation sites (tertiary alicyclic amines) is 1. The van der Waals surface area contributed by atoms with Gasteiger partial charge >= 0.3 is 11.9 Å². The molecule has 1 N–H and O–H groups in total. The Hall–Kier alpha value is -1.24. The van der Waals surface area contributed by atoms with Gasteiger partial charge in [0.2, 0.25) is 5.91 Å². The van der Waals surface area contributed by atoms with E-state index in [-0.39, 0.29) is 18.9 Å². The molecule has 2 atom stereocenters. The van der Waals surface area contributed by atoms with Gasteiger partial charge in [0.15, 0.2) is 0 Å². The van der Waals surface area contributed by atoms with E-state index in [1.165, 1.54) is 23.8 Å². The van der Waals surface area contributed by atoms with Crippen molar-refractivity contribution in [1.82, 2.24) is 4.90 Å². The smallest absolute Gasteiger partial charge is 0.326 e. The maximum atomic E-state index is 11.8. The molecule has 0 aliphatic carbocycles. The summed E-state index contributed by atoms with van der Waals surface area (Å²) in [4.78, 5) is 35.6. The largest absolute Gasteiger partial charge is 0.480 e. The van der Waals surface area contributed by atoms with Crippen LogP contribution in [-0.2, 0) is 19.1 Å². The van der Waals surface area contributed by atoms with Crippen LogP contribution in [0.3, 0.4) is 0 Å². The zero-order valence-electron chi connectivity index (χ0n) is 10.4. The lowest BCUT2D eigenvalue weighted by Crippen LogP contribution is -2.43. The highest BCUT2D eigenvalue weighted by molar-refractivity contribution is 7.98. The predicted molar refractivity (Wildman–Crippen MR) is 66.3 cm³/mol. The van der Waals surface area contributed by atoms with Crippen LogP contribution in [0.15, 0.2) is 0 Å². The van der Waals surface area contributed by atoms with Crippen LogP contribution in [0, 0.1) is 5.92 Å². The van der Waals surface area contributed by atoms with E-state index >= 15 is 0 Å². The first-order valence-electron chi connectivity index (χ1n) is 5.60. The molecule has 102 valence electrons. The Labute approximate surface area is 110 Å². The third-order valence-electron chi connectivity index (χ3n) is 2.95. The molecule has 1 heterocycles. The summed E-state index contributed by atoms with van der Waals surface area (Å²) in [5.41, 5.74) is 0. The number of rotatable bonds is 6. The van der Waals surface area contributed by atoms with Crippen molar-refractivity contribution in [3.8, 4) is 0 Å². The fraction of sp³-hybridized carbons (Fsp3) is 0.727. The molecule has 0 bridgehead atoms. The Morgan fingerprint density at radius 3 is 2.78 bits per heavy atom. The number of thioether (sulfide) groups is 1. The van der Waals surface area contributed by atoms with Crippen molar-refractivity contribution in [2.45, 2.75) is 18.9 Å². The molecule has 0 aromatic rings. The lowest BCUT2D eigenvalue weighted by atomic mass is 10.1. The Kier molecular flexibility index (Phi) is 5.46. The average molecular weight is 275 g/mol. The highest BCUT2D eigenvalue weighted by Gasteiger charge is 2.40. The summed E-state index contributed by atoms with van der Waals surface area (Å²) in [6, 6.07) is -0.848. The minimum Gasteiger partial charge on any atom is -0.480 e. The minimum atomic E-state index is -1.03. The summed E-state index contributed by atoms with van der Waals surface area (Å²) in [6.45, 7) is 0.136. The number of carboxylic acid groups (broad SMARTS) is 1. The first-order valence-corrected chi connectivity index (χ1v) is 6.99. The molecule has 1 aliphatic heterocycles. The quantitative estimate of drug-likeness (QED) is 0.698. The molecule has 1 fully saturated rings. The Morgan fingerprint density at radius 1 is 1.61 bits per heavy atom. The van der Waals surface area contributed by atoms with Crippen molar-refractivity contribution < 1.29 is 24.2 Å². The second kappa shape index (κ2) is 6.63. The third kappa shape index (κ3) is 3.38. The molecule has 1 amide bonds. The van der Waals surface area contributed by atoms with Gasteiger partial charge in [-0.05, 0) is 18.4 Å². The van der Waals surface area contributed by atoms with Crippen molar-refractivity contribution >= 4 is 29.6 Å². The number of ether oxygens (including phenoxy) is 1. The molecule has 18 heavy (non-hydrogen) atoms. The van der Waals surface area contributed by atoms with E-state index in [9.17, 15) is 14.4 Å². The SMILES string of the molecule is COC(=O)C1CC(=O)N([C@@H](CCSC)C(=O)O)C1. The van der Waals surface area contributed by atoms with Gasteiger partial charge in [0, 0.05) is 13.0 Å². The number of nitrogens with zero attached hydrogens (tertiary/aromatic N) is 1. The Morgan fingerprint density at radius 2 is 2.28 bits per heavy atom.